The average Bonchev–Trinajstić information content (AvgIpc) is 3.79. The highest BCUT2D eigenvalue weighted by molar-refractivity contribution is 6.32. The quantitative estimate of drug-likeness (QED) is 0.151. The molecule has 0 spiro atoms. The van der Waals surface area contributed by atoms with Crippen LogP contribution in [0.3, 0.4) is 0 Å². The average molecular weight is 773 g/mol. The zero-order valence-electron chi connectivity index (χ0n) is 26.8. The number of carbonyl (C=O) groups excluding carboxylic acids is 2. The van der Waals surface area contributed by atoms with E-state index in [2.05, 4.69) is 46.3 Å². The molecule has 1 saturated heterocycles. The van der Waals surface area contributed by atoms with Crippen molar-refractivity contribution in [1.29, 1.82) is 0 Å². The highest BCUT2D eigenvalue weighted by Gasteiger charge is 2.39. The van der Waals surface area contributed by atoms with Crippen LogP contribution in [0.15, 0.2) is 49.1 Å². The van der Waals surface area contributed by atoms with Crippen LogP contribution >= 0.6 is 11.6 Å². The van der Waals surface area contributed by atoms with Gasteiger partial charge < -0.3 is 31.1 Å². The van der Waals surface area contributed by atoms with E-state index in [0.717, 1.165) is 41.0 Å². The maximum Gasteiger partial charge on any atom is 0.490 e. The number of H-pyrrole nitrogens is 1. The lowest BCUT2D eigenvalue weighted by Gasteiger charge is -2.16. The largest absolute Gasteiger partial charge is 0.490 e. The van der Waals surface area contributed by atoms with Gasteiger partial charge in [-0.3, -0.25) is 14.6 Å². The minimum atomic E-state index is -5.08. The summed E-state index contributed by atoms with van der Waals surface area (Å²) < 4.78 is 63.5. The molecule has 6 bridgehead atoms. The second-order valence-corrected chi connectivity index (χ2v) is 11.6. The van der Waals surface area contributed by atoms with Gasteiger partial charge in [0, 0.05) is 37.1 Å². The van der Waals surface area contributed by atoms with Gasteiger partial charge in [-0.25, -0.2) is 14.6 Å². The molecule has 2 aliphatic heterocycles. The number of aromatic nitrogens is 6. The monoisotopic (exact) mass is 772 g/mol. The smallest absolute Gasteiger partial charge is 0.475 e. The number of likely N-dealkylation sites (tertiary alicyclic amines) is 1. The summed E-state index contributed by atoms with van der Waals surface area (Å²) >= 11 is 6.36. The second-order valence-electron chi connectivity index (χ2n) is 11.2. The maximum atomic E-state index is 13.1. The van der Waals surface area contributed by atoms with Crippen LogP contribution in [0.5, 0.6) is 0 Å². The molecular weight excluding hydrogens is 746 g/mol. The molecule has 3 aromatic heterocycles. The Labute approximate surface area is 299 Å². The number of rotatable bonds is 4. The number of anilines is 5. The lowest BCUT2D eigenvalue weighted by molar-refractivity contribution is -0.193. The number of nitrogens with one attached hydrogen (secondary N) is 4. The van der Waals surface area contributed by atoms with Crippen LogP contribution in [0, 0.1) is 5.92 Å². The number of carboxylic acid groups (broad SMARTS) is 2. The number of benzene rings is 1. The second kappa shape index (κ2) is 17.0. The number of hydrogen-bond acceptors (Lipinski definition) is 11. The fourth-order valence-electron chi connectivity index (χ4n) is 4.87. The Balaban J connectivity index is 0.000000381. The summed E-state index contributed by atoms with van der Waals surface area (Å²) in [6.07, 6.45) is -1.21. The molecule has 1 fully saturated rings. The lowest BCUT2D eigenvalue weighted by Crippen LogP contribution is -2.29. The van der Waals surface area contributed by atoms with Gasteiger partial charge in [0.2, 0.25) is 11.9 Å². The third-order valence-corrected chi connectivity index (χ3v) is 7.56. The molecule has 2 aliphatic rings. The highest BCUT2D eigenvalue weighted by atomic mass is 35.5. The van der Waals surface area contributed by atoms with Crippen LogP contribution in [-0.4, -0.2) is 94.7 Å². The molecule has 4 aromatic rings. The van der Waals surface area contributed by atoms with E-state index in [4.69, 9.17) is 31.4 Å². The van der Waals surface area contributed by atoms with E-state index in [1.807, 2.05) is 30.5 Å². The first kappa shape index (κ1) is 39.7. The van der Waals surface area contributed by atoms with Crippen LogP contribution in [-0.2, 0) is 27.2 Å². The van der Waals surface area contributed by atoms with E-state index in [-0.39, 0.29) is 23.4 Å². The Morgan fingerprint density at radius 1 is 0.925 bits per heavy atom. The summed E-state index contributed by atoms with van der Waals surface area (Å²) in [6, 6.07) is 7.75. The molecule has 5 heterocycles. The van der Waals surface area contributed by atoms with Crippen molar-refractivity contribution in [2.24, 2.45) is 5.92 Å². The van der Waals surface area contributed by atoms with Crippen LogP contribution < -0.4 is 16.0 Å². The normalized spacial score (nSPS) is 14.9. The molecule has 6 rings (SSSR count). The van der Waals surface area contributed by atoms with Gasteiger partial charge in [-0.15, -0.1) is 0 Å². The molecule has 23 heteroatoms. The number of halogens is 7. The summed E-state index contributed by atoms with van der Waals surface area (Å²) in [7, 11) is 0. The summed E-state index contributed by atoms with van der Waals surface area (Å²) in [5.74, 6) is -4.84. The third kappa shape index (κ3) is 11.7. The number of pyridine rings is 1. The van der Waals surface area contributed by atoms with Crippen molar-refractivity contribution >= 4 is 64.2 Å². The minimum Gasteiger partial charge on any atom is -0.475 e. The zero-order chi connectivity index (χ0) is 38.9. The first-order valence-corrected chi connectivity index (χ1v) is 15.5. The van der Waals surface area contributed by atoms with Crippen LogP contribution in [0.25, 0.3) is 0 Å². The van der Waals surface area contributed by atoms with Crippen molar-refractivity contribution in [3.8, 4) is 0 Å². The van der Waals surface area contributed by atoms with Gasteiger partial charge >= 0.3 is 24.3 Å². The van der Waals surface area contributed by atoms with Gasteiger partial charge in [-0.1, -0.05) is 11.6 Å². The van der Waals surface area contributed by atoms with Crippen molar-refractivity contribution in [3.05, 3.63) is 70.9 Å². The van der Waals surface area contributed by atoms with E-state index >= 15 is 0 Å². The van der Waals surface area contributed by atoms with E-state index in [9.17, 15) is 35.9 Å². The third-order valence-electron chi connectivity index (χ3n) is 7.29. The van der Waals surface area contributed by atoms with Crippen LogP contribution in [0.1, 0.15) is 34.5 Å². The van der Waals surface area contributed by atoms with Gasteiger partial charge in [0.25, 0.3) is 5.91 Å². The van der Waals surface area contributed by atoms with Crippen molar-refractivity contribution in [3.63, 3.8) is 0 Å². The topological polar surface area (TPSA) is 228 Å². The fourth-order valence-corrected chi connectivity index (χ4v) is 5.00. The van der Waals surface area contributed by atoms with Crippen molar-refractivity contribution in [2.75, 3.05) is 29.0 Å². The van der Waals surface area contributed by atoms with Gasteiger partial charge in [-0.2, -0.15) is 46.7 Å². The predicted octanol–water partition coefficient (Wildman–Crippen LogP) is 4.99. The molecule has 0 unspecified atom stereocenters. The molecular formula is C30H27ClF6N10O6. The highest BCUT2D eigenvalue weighted by Crippen LogP contribution is 2.30. The first-order valence-electron chi connectivity index (χ1n) is 15.1. The van der Waals surface area contributed by atoms with Crippen LogP contribution in [0.2, 0.25) is 5.02 Å². The molecule has 0 saturated carbocycles. The van der Waals surface area contributed by atoms with E-state index < -0.39 is 24.3 Å². The Hall–Kier alpha value is -6.06. The van der Waals surface area contributed by atoms with Crippen molar-refractivity contribution in [2.45, 2.75) is 38.0 Å². The molecule has 1 aromatic carbocycles. The zero-order valence-corrected chi connectivity index (χ0v) is 27.6. The van der Waals surface area contributed by atoms with Gasteiger partial charge in [0.1, 0.15) is 5.02 Å². The van der Waals surface area contributed by atoms with Crippen molar-refractivity contribution < 1.29 is 55.7 Å². The number of alkyl halides is 6. The number of aryl methyl sites for hydroxylation is 2. The Bertz CT molecular complexity index is 1920. The maximum absolute atomic E-state index is 13.1. The predicted molar refractivity (Wildman–Crippen MR) is 173 cm³/mol. The Morgan fingerprint density at radius 2 is 1.62 bits per heavy atom. The van der Waals surface area contributed by atoms with Gasteiger partial charge in [-0.05, 0) is 60.6 Å². The molecule has 16 nitrogen and oxygen atoms in total. The molecule has 53 heavy (non-hydrogen) atoms. The summed E-state index contributed by atoms with van der Waals surface area (Å²) in [4.78, 5) is 58.2. The summed E-state index contributed by atoms with van der Waals surface area (Å²) in [5, 5.41) is 34.2. The minimum absolute atomic E-state index is 0.0715. The van der Waals surface area contributed by atoms with E-state index in [1.54, 1.807) is 11.1 Å². The van der Waals surface area contributed by atoms with Crippen molar-refractivity contribution in [1.82, 2.24) is 35.3 Å². The molecule has 0 aliphatic carbocycles. The SMILES string of the molecule is O=C(C[C@@H]1CCN(C(=O)c2cn[nH]n2)C1)Nc1ccc2cc1CCc1cncc(c1)Nc1ncc(Cl)c(n1)N2.O=C(O)C(F)(F)F.O=C(O)C(F)(F)F. The molecule has 2 amide bonds. The van der Waals surface area contributed by atoms with E-state index in [0.29, 0.717) is 42.7 Å². The number of carboxylic acids is 2. The Kier molecular flexibility index (Phi) is 12.7. The fraction of sp³-hybridized carbons (Fsp3) is 0.300. The van der Waals surface area contributed by atoms with Gasteiger partial charge in [0.15, 0.2) is 11.5 Å². The molecule has 6 N–H and O–H groups in total. The van der Waals surface area contributed by atoms with E-state index in [1.165, 1.54) is 12.4 Å². The standard InChI is InChI=1S/C26H25ClN10O2.2C2HF3O2/c27-20-12-29-26-32-19-7-15(10-28-11-19)1-2-17-9-18(31-24(20)34-26)3-4-21(17)33-23(38)8-16-5-6-37(14-16)25(39)22-13-30-36-35-22;2*3-2(4,5)1(6)7/h3-4,7,9-13,16H,1-2,5-6,8,14H2,(H,33,38)(H,30,35,36)(H2,29,31,32,34);2*(H,6,7)/t16-;;/m0../s1. The first-order chi connectivity index (χ1) is 24.9. The summed E-state index contributed by atoms with van der Waals surface area (Å²) in [6.45, 7) is 1.10. The number of nitrogens with zero attached hydrogens (tertiary/aromatic N) is 6. The summed E-state index contributed by atoms with van der Waals surface area (Å²) in [5.41, 5.74) is 4.58. The number of amides is 2. The number of fused-ring (bicyclic) bond motifs is 6. The lowest BCUT2D eigenvalue weighted by atomic mass is 10.0. The Morgan fingerprint density at radius 3 is 2.26 bits per heavy atom. The number of hydrogen-bond donors (Lipinski definition) is 6. The number of aliphatic carboxylic acids is 2. The molecule has 1 atom stereocenters. The number of carbonyl (C=O) groups is 4. The van der Waals surface area contributed by atoms with Crippen LogP contribution in [0.4, 0.5) is 55.2 Å². The molecule has 0 radical (unpaired) electrons. The number of aromatic amines is 1. The van der Waals surface area contributed by atoms with Gasteiger partial charge in [0.05, 0.1) is 24.3 Å². The molecule has 282 valence electrons.